The monoisotopic (exact) mass is 350 g/mol. The molecule has 0 bridgehead atoms. The summed E-state index contributed by atoms with van der Waals surface area (Å²) in [5.41, 5.74) is 0. The zero-order valence-electron chi connectivity index (χ0n) is 14.0. The highest BCUT2D eigenvalue weighted by atomic mass is 32.2. The van der Waals surface area contributed by atoms with Gasteiger partial charge in [-0.3, -0.25) is 4.79 Å². The van der Waals surface area contributed by atoms with Gasteiger partial charge in [0.1, 0.15) is 0 Å². The summed E-state index contributed by atoms with van der Waals surface area (Å²) in [6.45, 7) is 1.91. The largest absolute Gasteiger partial charge is 0.383 e. The summed E-state index contributed by atoms with van der Waals surface area (Å²) >= 11 is 0. The molecule has 1 N–H and O–H groups in total. The van der Waals surface area contributed by atoms with Crippen molar-refractivity contribution in [2.45, 2.75) is 17.9 Å². The van der Waals surface area contributed by atoms with Gasteiger partial charge in [-0.15, -0.1) is 0 Å². The van der Waals surface area contributed by atoms with Crippen molar-refractivity contribution in [1.29, 1.82) is 0 Å². The Morgan fingerprint density at radius 3 is 2.54 bits per heavy atom. The van der Waals surface area contributed by atoms with E-state index in [4.69, 9.17) is 4.74 Å². The van der Waals surface area contributed by atoms with Crippen LogP contribution in [-0.2, 0) is 19.6 Å². The Hall–Kier alpha value is -1.96. The highest BCUT2D eigenvalue weighted by Gasteiger charge is 2.23. The fourth-order valence-corrected chi connectivity index (χ4v) is 3.57. The van der Waals surface area contributed by atoms with Gasteiger partial charge < -0.3 is 10.1 Å². The number of carbonyl (C=O) groups is 1. The van der Waals surface area contributed by atoms with E-state index in [1.54, 1.807) is 32.2 Å². The Labute approximate surface area is 142 Å². The number of benzene rings is 2. The van der Waals surface area contributed by atoms with Gasteiger partial charge in [0, 0.05) is 20.2 Å². The molecule has 0 aromatic heterocycles. The summed E-state index contributed by atoms with van der Waals surface area (Å²) in [7, 11) is -0.798. The lowest BCUT2D eigenvalue weighted by Gasteiger charge is -2.19. The molecule has 130 valence electrons. The Bertz CT molecular complexity index is 820. The maximum atomic E-state index is 12.6. The number of rotatable bonds is 7. The van der Waals surface area contributed by atoms with E-state index in [0.29, 0.717) is 6.61 Å². The zero-order chi connectivity index (χ0) is 17.7. The van der Waals surface area contributed by atoms with Crippen molar-refractivity contribution in [3.05, 3.63) is 42.5 Å². The smallest absolute Gasteiger partial charge is 0.243 e. The van der Waals surface area contributed by atoms with Gasteiger partial charge in [-0.1, -0.05) is 30.3 Å². The first kappa shape index (κ1) is 18.4. The number of methoxy groups -OCH3 is 1. The van der Waals surface area contributed by atoms with Crippen molar-refractivity contribution in [3.63, 3.8) is 0 Å². The predicted octanol–water partition coefficient (Wildman–Crippen LogP) is 1.61. The molecule has 24 heavy (non-hydrogen) atoms. The first-order chi connectivity index (χ1) is 11.3. The van der Waals surface area contributed by atoms with Crippen LogP contribution in [0.1, 0.15) is 6.92 Å². The predicted molar refractivity (Wildman–Crippen MR) is 93.2 cm³/mol. The number of hydrogen-bond donors (Lipinski definition) is 1. The molecule has 0 aliphatic rings. The lowest BCUT2D eigenvalue weighted by Crippen LogP contribution is -2.43. The van der Waals surface area contributed by atoms with Gasteiger partial charge in [0.2, 0.25) is 15.9 Å². The van der Waals surface area contributed by atoms with Gasteiger partial charge in [0.15, 0.2) is 0 Å². The Balaban J connectivity index is 2.14. The lowest BCUT2D eigenvalue weighted by molar-refractivity contribution is -0.122. The standard InChI is InChI=1S/C17H22N2O4S/c1-13(12-23-3)18-17(20)11-19(2)24(21,22)16-9-8-14-6-4-5-7-15(14)10-16/h4-10,13H,11-12H2,1-3H3,(H,18,20). The second-order valence-corrected chi connectivity index (χ2v) is 7.74. The minimum absolute atomic E-state index is 0.168. The number of nitrogens with one attached hydrogen (secondary N) is 1. The number of ether oxygens (including phenoxy) is 1. The van der Waals surface area contributed by atoms with Gasteiger partial charge in [0.25, 0.3) is 0 Å². The molecule has 1 amide bonds. The molecule has 6 nitrogen and oxygen atoms in total. The van der Waals surface area contributed by atoms with E-state index in [-0.39, 0.29) is 23.4 Å². The number of amides is 1. The Morgan fingerprint density at radius 2 is 1.88 bits per heavy atom. The molecule has 2 rings (SSSR count). The molecule has 0 aliphatic heterocycles. The van der Waals surface area contributed by atoms with Gasteiger partial charge >= 0.3 is 0 Å². The third-order valence-corrected chi connectivity index (χ3v) is 5.42. The molecule has 1 unspecified atom stereocenters. The molecule has 0 heterocycles. The van der Waals surface area contributed by atoms with Crippen LogP contribution in [0, 0.1) is 0 Å². The summed E-state index contributed by atoms with van der Waals surface area (Å²) < 4.78 is 31.3. The third-order valence-electron chi connectivity index (χ3n) is 3.62. The number of sulfonamides is 1. The van der Waals surface area contributed by atoms with Crippen LogP contribution in [0.3, 0.4) is 0 Å². The van der Waals surface area contributed by atoms with Crippen molar-refractivity contribution in [1.82, 2.24) is 9.62 Å². The second-order valence-electron chi connectivity index (χ2n) is 5.69. The van der Waals surface area contributed by atoms with Crippen LogP contribution in [0.5, 0.6) is 0 Å². The van der Waals surface area contributed by atoms with E-state index < -0.39 is 10.0 Å². The topological polar surface area (TPSA) is 75.7 Å². The van der Waals surface area contributed by atoms with Crippen molar-refractivity contribution in [2.75, 3.05) is 27.3 Å². The van der Waals surface area contributed by atoms with E-state index in [1.165, 1.54) is 7.05 Å². The van der Waals surface area contributed by atoms with E-state index in [0.717, 1.165) is 15.1 Å². The van der Waals surface area contributed by atoms with Crippen LogP contribution in [0.4, 0.5) is 0 Å². The molecule has 0 saturated heterocycles. The fourth-order valence-electron chi connectivity index (χ4n) is 2.41. The number of carbonyl (C=O) groups excluding carboxylic acids is 1. The summed E-state index contributed by atoms with van der Waals surface area (Å²) in [5.74, 6) is -0.369. The zero-order valence-corrected chi connectivity index (χ0v) is 14.8. The average Bonchev–Trinajstić information content (AvgIpc) is 2.54. The van der Waals surface area contributed by atoms with Crippen LogP contribution in [0.25, 0.3) is 10.8 Å². The van der Waals surface area contributed by atoms with Crippen molar-refractivity contribution in [2.24, 2.45) is 0 Å². The molecule has 0 fully saturated rings. The fraction of sp³-hybridized carbons (Fsp3) is 0.353. The van der Waals surface area contributed by atoms with Crippen LogP contribution >= 0.6 is 0 Å². The van der Waals surface area contributed by atoms with E-state index in [9.17, 15) is 13.2 Å². The van der Waals surface area contributed by atoms with Gasteiger partial charge in [-0.05, 0) is 29.8 Å². The summed E-state index contributed by atoms with van der Waals surface area (Å²) in [4.78, 5) is 12.1. The Morgan fingerprint density at radius 1 is 1.21 bits per heavy atom. The van der Waals surface area contributed by atoms with Crippen LogP contribution < -0.4 is 5.32 Å². The summed E-state index contributed by atoms with van der Waals surface area (Å²) in [6, 6.07) is 12.3. The quantitative estimate of drug-likeness (QED) is 0.823. The van der Waals surface area contributed by atoms with E-state index >= 15 is 0 Å². The van der Waals surface area contributed by atoms with Crippen molar-refractivity contribution >= 4 is 26.7 Å². The van der Waals surface area contributed by atoms with Crippen molar-refractivity contribution < 1.29 is 17.9 Å². The van der Waals surface area contributed by atoms with Gasteiger partial charge in [0.05, 0.1) is 18.0 Å². The Kier molecular flexibility index (Phi) is 5.93. The number of fused-ring (bicyclic) bond motifs is 1. The number of hydrogen-bond acceptors (Lipinski definition) is 4. The van der Waals surface area contributed by atoms with Gasteiger partial charge in [-0.2, -0.15) is 4.31 Å². The highest BCUT2D eigenvalue weighted by molar-refractivity contribution is 7.89. The first-order valence-corrected chi connectivity index (χ1v) is 9.02. The van der Waals surface area contributed by atoms with Gasteiger partial charge in [-0.25, -0.2) is 8.42 Å². The minimum atomic E-state index is -3.73. The molecule has 0 spiro atoms. The minimum Gasteiger partial charge on any atom is -0.383 e. The normalized spacial score (nSPS) is 13.2. The average molecular weight is 350 g/mol. The molecule has 0 saturated carbocycles. The lowest BCUT2D eigenvalue weighted by atomic mass is 10.1. The van der Waals surface area contributed by atoms with E-state index in [1.807, 2.05) is 24.3 Å². The SMILES string of the molecule is COCC(C)NC(=O)CN(C)S(=O)(=O)c1ccc2ccccc2c1. The molecule has 2 aromatic rings. The van der Waals surface area contributed by atoms with Crippen LogP contribution in [-0.4, -0.2) is 52.0 Å². The number of nitrogens with zero attached hydrogens (tertiary/aromatic N) is 1. The molecule has 0 radical (unpaired) electrons. The van der Waals surface area contributed by atoms with E-state index in [2.05, 4.69) is 5.32 Å². The maximum Gasteiger partial charge on any atom is 0.243 e. The molecule has 0 aliphatic carbocycles. The molecule has 7 heteroatoms. The molecule has 1 atom stereocenters. The molecule has 2 aromatic carbocycles. The highest BCUT2D eigenvalue weighted by Crippen LogP contribution is 2.21. The number of likely N-dealkylation sites (N-methyl/N-ethyl adjacent to an activating group) is 1. The summed E-state index contributed by atoms with van der Waals surface area (Å²) in [5, 5.41) is 4.50. The van der Waals surface area contributed by atoms with Crippen molar-refractivity contribution in [3.8, 4) is 0 Å². The third kappa shape index (κ3) is 4.31. The molecular formula is C17H22N2O4S. The second kappa shape index (κ2) is 7.74. The van der Waals surface area contributed by atoms with Crippen LogP contribution in [0.15, 0.2) is 47.4 Å². The summed E-state index contributed by atoms with van der Waals surface area (Å²) in [6.07, 6.45) is 0. The van der Waals surface area contributed by atoms with Crippen LogP contribution in [0.2, 0.25) is 0 Å². The first-order valence-electron chi connectivity index (χ1n) is 7.58. The molecular weight excluding hydrogens is 328 g/mol. The maximum absolute atomic E-state index is 12.6.